The monoisotopic (exact) mass is 384 g/mol. The standard InChI is InChI=1S/C25H24N2O2/c1-4-19-9-11-20(12-10-19)16-27(23-7-5-6-14-26-23)25(28)24-18(3)21-15-17(2)8-13-22(21)29-24/h5-15H,4,16H2,1-3H3. The zero-order valence-electron chi connectivity index (χ0n) is 17.0. The van der Waals surface area contributed by atoms with Gasteiger partial charge in [-0.15, -0.1) is 0 Å². The summed E-state index contributed by atoms with van der Waals surface area (Å²) in [6.07, 6.45) is 2.69. The Morgan fingerprint density at radius 3 is 2.45 bits per heavy atom. The van der Waals surface area contributed by atoms with Crippen molar-refractivity contribution in [3.63, 3.8) is 0 Å². The molecule has 0 saturated heterocycles. The number of furan rings is 1. The molecule has 0 atom stereocenters. The second-order valence-electron chi connectivity index (χ2n) is 7.31. The summed E-state index contributed by atoms with van der Waals surface area (Å²) >= 11 is 0. The van der Waals surface area contributed by atoms with Crippen LogP contribution in [0.25, 0.3) is 11.0 Å². The number of hydrogen-bond acceptors (Lipinski definition) is 3. The minimum Gasteiger partial charge on any atom is -0.451 e. The molecule has 0 saturated carbocycles. The number of pyridine rings is 1. The van der Waals surface area contributed by atoms with E-state index in [1.807, 2.05) is 44.2 Å². The smallest absolute Gasteiger partial charge is 0.295 e. The highest BCUT2D eigenvalue weighted by molar-refractivity contribution is 6.07. The van der Waals surface area contributed by atoms with Gasteiger partial charge in [-0.25, -0.2) is 4.98 Å². The van der Waals surface area contributed by atoms with Gasteiger partial charge >= 0.3 is 0 Å². The number of amides is 1. The van der Waals surface area contributed by atoms with Crippen LogP contribution in [0.1, 0.15) is 39.7 Å². The average molecular weight is 384 g/mol. The Balaban J connectivity index is 1.74. The Morgan fingerprint density at radius 1 is 1.00 bits per heavy atom. The largest absolute Gasteiger partial charge is 0.451 e. The number of benzene rings is 2. The van der Waals surface area contributed by atoms with E-state index in [1.165, 1.54) is 5.56 Å². The molecule has 1 amide bonds. The van der Waals surface area contributed by atoms with Crippen molar-refractivity contribution in [2.45, 2.75) is 33.7 Å². The van der Waals surface area contributed by atoms with Crippen LogP contribution in [0.15, 0.2) is 71.3 Å². The number of carbonyl (C=O) groups excluding carboxylic acids is 1. The number of hydrogen-bond donors (Lipinski definition) is 0. The van der Waals surface area contributed by atoms with Crippen LogP contribution in [-0.4, -0.2) is 10.9 Å². The zero-order chi connectivity index (χ0) is 20.4. The van der Waals surface area contributed by atoms with Crippen LogP contribution >= 0.6 is 0 Å². The van der Waals surface area contributed by atoms with Crippen LogP contribution < -0.4 is 4.90 Å². The normalized spacial score (nSPS) is 11.0. The number of nitrogens with zero attached hydrogens (tertiary/aromatic N) is 2. The Hall–Kier alpha value is -3.40. The van der Waals surface area contributed by atoms with Crippen LogP contribution in [-0.2, 0) is 13.0 Å². The molecule has 4 heteroatoms. The first-order valence-corrected chi connectivity index (χ1v) is 9.87. The van der Waals surface area contributed by atoms with Crippen molar-refractivity contribution in [3.05, 3.63) is 94.9 Å². The van der Waals surface area contributed by atoms with Gasteiger partial charge in [0.1, 0.15) is 11.4 Å². The van der Waals surface area contributed by atoms with Crippen LogP contribution in [0.3, 0.4) is 0 Å². The lowest BCUT2D eigenvalue weighted by Crippen LogP contribution is -2.31. The maximum absolute atomic E-state index is 13.5. The highest BCUT2D eigenvalue weighted by Gasteiger charge is 2.25. The maximum atomic E-state index is 13.5. The Labute approximate surface area is 170 Å². The first-order valence-electron chi connectivity index (χ1n) is 9.87. The van der Waals surface area contributed by atoms with Gasteiger partial charge in [-0.2, -0.15) is 0 Å². The molecule has 0 aliphatic carbocycles. The first-order chi connectivity index (χ1) is 14.1. The molecule has 29 heavy (non-hydrogen) atoms. The molecule has 0 aliphatic heterocycles. The highest BCUT2D eigenvalue weighted by atomic mass is 16.3. The molecule has 4 nitrogen and oxygen atoms in total. The molecule has 4 aromatic rings. The summed E-state index contributed by atoms with van der Waals surface area (Å²) in [5.74, 6) is 0.782. The van der Waals surface area contributed by atoms with Gasteiger partial charge in [-0.05, 0) is 55.7 Å². The first kappa shape index (κ1) is 18.9. The SMILES string of the molecule is CCc1ccc(CN(C(=O)c2oc3ccc(C)cc3c2C)c2ccccn2)cc1. The fraction of sp³-hybridized carbons (Fsp3) is 0.200. The number of fused-ring (bicyclic) bond motifs is 1. The van der Waals surface area contributed by atoms with Crippen molar-refractivity contribution in [2.75, 3.05) is 4.90 Å². The average Bonchev–Trinajstić information content (AvgIpc) is 3.08. The third-order valence-corrected chi connectivity index (χ3v) is 5.23. The second kappa shape index (κ2) is 7.92. The van der Waals surface area contributed by atoms with Gasteiger partial charge in [-0.1, -0.05) is 48.9 Å². The number of aromatic nitrogens is 1. The molecule has 2 heterocycles. The van der Waals surface area contributed by atoms with Crippen molar-refractivity contribution in [2.24, 2.45) is 0 Å². The van der Waals surface area contributed by atoms with Crippen molar-refractivity contribution in [1.82, 2.24) is 4.98 Å². The summed E-state index contributed by atoms with van der Waals surface area (Å²) in [4.78, 5) is 19.6. The topological polar surface area (TPSA) is 46.3 Å². The van der Waals surface area contributed by atoms with Crippen LogP contribution in [0.2, 0.25) is 0 Å². The van der Waals surface area contributed by atoms with Crippen LogP contribution in [0.4, 0.5) is 5.82 Å². The van der Waals surface area contributed by atoms with E-state index in [1.54, 1.807) is 11.1 Å². The molecule has 146 valence electrons. The van der Waals surface area contributed by atoms with Crippen molar-refractivity contribution in [3.8, 4) is 0 Å². The number of carbonyl (C=O) groups is 1. The lowest BCUT2D eigenvalue weighted by atomic mass is 10.1. The van der Waals surface area contributed by atoms with E-state index in [9.17, 15) is 4.79 Å². The molecule has 2 aromatic carbocycles. The second-order valence-corrected chi connectivity index (χ2v) is 7.31. The summed E-state index contributed by atoms with van der Waals surface area (Å²) in [7, 11) is 0. The predicted octanol–water partition coefficient (Wildman–Crippen LogP) is 5.85. The summed E-state index contributed by atoms with van der Waals surface area (Å²) in [6.45, 7) is 6.53. The highest BCUT2D eigenvalue weighted by Crippen LogP contribution is 2.29. The van der Waals surface area contributed by atoms with E-state index in [-0.39, 0.29) is 5.91 Å². The Morgan fingerprint density at radius 2 is 1.76 bits per heavy atom. The summed E-state index contributed by atoms with van der Waals surface area (Å²) < 4.78 is 5.97. The lowest BCUT2D eigenvalue weighted by molar-refractivity contribution is 0.0959. The van der Waals surface area contributed by atoms with E-state index in [0.29, 0.717) is 18.1 Å². The van der Waals surface area contributed by atoms with Gasteiger partial charge in [-0.3, -0.25) is 9.69 Å². The Bertz CT molecular complexity index is 1140. The fourth-order valence-corrected chi connectivity index (χ4v) is 3.49. The lowest BCUT2D eigenvalue weighted by Gasteiger charge is -2.21. The summed E-state index contributed by atoms with van der Waals surface area (Å²) in [6, 6.07) is 19.9. The molecule has 0 radical (unpaired) electrons. The maximum Gasteiger partial charge on any atom is 0.295 e. The van der Waals surface area contributed by atoms with E-state index in [4.69, 9.17) is 4.42 Å². The van der Waals surface area contributed by atoms with Gasteiger partial charge in [0.05, 0.1) is 6.54 Å². The van der Waals surface area contributed by atoms with Crippen molar-refractivity contribution in [1.29, 1.82) is 0 Å². The molecular weight excluding hydrogens is 360 g/mol. The molecule has 2 aromatic heterocycles. The molecule has 0 fully saturated rings. The van der Waals surface area contributed by atoms with Crippen molar-refractivity contribution < 1.29 is 9.21 Å². The quantitative estimate of drug-likeness (QED) is 0.433. The van der Waals surface area contributed by atoms with E-state index < -0.39 is 0 Å². The van der Waals surface area contributed by atoms with E-state index >= 15 is 0 Å². The minimum absolute atomic E-state index is 0.186. The van der Waals surface area contributed by atoms with Gasteiger partial charge in [0, 0.05) is 17.1 Å². The van der Waals surface area contributed by atoms with E-state index in [2.05, 4.69) is 42.2 Å². The number of rotatable bonds is 5. The van der Waals surface area contributed by atoms with Crippen molar-refractivity contribution >= 4 is 22.7 Å². The number of aryl methyl sites for hydroxylation is 3. The fourth-order valence-electron chi connectivity index (χ4n) is 3.49. The third-order valence-electron chi connectivity index (χ3n) is 5.23. The zero-order valence-corrected chi connectivity index (χ0v) is 17.0. The third kappa shape index (κ3) is 3.79. The molecule has 0 spiro atoms. The Kier molecular flexibility index (Phi) is 5.17. The number of anilines is 1. The van der Waals surface area contributed by atoms with Gasteiger partial charge in [0.25, 0.3) is 5.91 Å². The molecule has 4 rings (SSSR count). The molecule has 0 unspecified atom stereocenters. The van der Waals surface area contributed by atoms with E-state index in [0.717, 1.165) is 34.1 Å². The van der Waals surface area contributed by atoms with Gasteiger partial charge in [0.15, 0.2) is 5.76 Å². The molecule has 0 N–H and O–H groups in total. The predicted molar refractivity (Wildman–Crippen MR) is 116 cm³/mol. The minimum atomic E-state index is -0.186. The molecule has 0 bridgehead atoms. The van der Waals surface area contributed by atoms with Gasteiger partial charge in [0.2, 0.25) is 0 Å². The summed E-state index contributed by atoms with van der Waals surface area (Å²) in [5, 5.41) is 0.974. The molecular formula is C25H24N2O2. The molecule has 0 aliphatic rings. The van der Waals surface area contributed by atoms with Gasteiger partial charge < -0.3 is 4.42 Å². The van der Waals surface area contributed by atoms with Crippen LogP contribution in [0, 0.1) is 13.8 Å². The summed E-state index contributed by atoms with van der Waals surface area (Å²) in [5.41, 5.74) is 5.04. The van der Waals surface area contributed by atoms with Crippen LogP contribution in [0.5, 0.6) is 0 Å².